The van der Waals surface area contributed by atoms with Gasteiger partial charge in [0, 0.05) is 16.1 Å². The van der Waals surface area contributed by atoms with Crippen molar-refractivity contribution < 1.29 is 19.2 Å². The van der Waals surface area contributed by atoms with Crippen molar-refractivity contribution in [1.82, 2.24) is 10.0 Å². The predicted octanol–water partition coefficient (Wildman–Crippen LogP) is 4.62. The van der Waals surface area contributed by atoms with Crippen LogP contribution in [-0.4, -0.2) is 39.6 Å². The van der Waals surface area contributed by atoms with Gasteiger partial charge < -0.3 is 0 Å². The van der Waals surface area contributed by atoms with Crippen LogP contribution in [0, 0.1) is 18.8 Å². The molecule has 4 rings (SSSR count). The van der Waals surface area contributed by atoms with Gasteiger partial charge >= 0.3 is 0 Å². The molecule has 1 aliphatic carbocycles. The molecular formula is C26H25ClN2O4. The number of imide groups is 1. The fraction of sp³-hybridized carbons (Fsp3) is 0.308. The minimum atomic E-state index is -1.07. The monoisotopic (exact) mass is 464 g/mol. The molecule has 0 aromatic heterocycles. The number of hydrogen-bond donors (Lipinski definition) is 0. The molecular weight excluding hydrogens is 440 g/mol. The van der Waals surface area contributed by atoms with E-state index in [4.69, 9.17) is 11.6 Å². The molecule has 0 spiro atoms. The Balaban J connectivity index is 1.74. The maximum atomic E-state index is 13.6. The molecule has 6 nitrogen and oxygen atoms in total. The Hall–Kier alpha value is -3.25. The fourth-order valence-corrected chi connectivity index (χ4v) is 4.59. The van der Waals surface area contributed by atoms with Crippen LogP contribution < -0.4 is 0 Å². The number of hydrazine groups is 1. The molecule has 2 aromatic carbocycles. The number of ketones is 1. The highest BCUT2D eigenvalue weighted by Gasteiger charge is 2.53. The van der Waals surface area contributed by atoms with E-state index >= 15 is 0 Å². The van der Waals surface area contributed by atoms with Gasteiger partial charge in [0.1, 0.15) is 6.04 Å². The molecule has 0 saturated carbocycles. The van der Waals surface area contributed by atoms with E-state index in [1.807, 2.05) is 19.9 Å². The van der Waals surface area contributed by atoms with Gasteiger partial charge in [-0.2, -0.15) is 5.01 Å². The van der Waals surface area contributed by atoms with Crippen molar-refractivity contribution >= 4 is 35.1 Å². The summed E-state index contributed by atoms with van der Waals surface area (Å²) in [5, 5.41) is 2.39. The quantitative estimate of drug-likeness (QED) is 0.367. The average Bonchev–Trinajstić information content (AvgIpc) is 3.04. The lowest BCUT2D eigenvalue weighted by Gasteiger charge is -2.34. The Labute approximate surface area is 197 Å². The summed E-state index contributed by atoms with van der Waals surface area (Å²) in [6.07, 6.45) is 2.87. The first-order valence-corrected chi connectivity index (χ1v) is 11.3. The maximum Gasteiger partial charge on any atom is 0.273 e. The molecule has 0 bridgehead atoms. The molecule has 7 heteroatoms. The Morgan fingerprint density at radius 3 is 2.15 bits per heavy atom. The molecule has 3 atom stereocenters. The highest BCUT2D eigenvalue weighted by molar-refractivity contribution is 6.30. The van der Waals surface area contributed by atoms with E-state index in [1.54, 1.807) is 43.3 Å². The van der Waals surface area contributed by atoms with Gasteiger partial charge in [-0.3, -0.25) is 19.2 Å². The van der Waals surface area contributed by atoms with E-state index in [1.165, 1.54) is 12.1 Å². The van der Waals surface area contributed by atoms with E-state index < -0.39 is 35.6 Å². The topological polar surface area (TPSA) is 74.8 Å². The minimum Gasteiger partial charge on any atom is -0.292 e. The lowest BCUT2D eigenvalue weighted by molar-refractivity contribution is -0.156. The lowest BCUT2D eigenvalue weighted by Crippen LogP contribution is -2.56. The van der Waals surface area contributed by atoms with E-state index in [2.05, 4.69) is 0 Å². The third-order valence-corrected chi connectivity index (χ3v) is 6.65. The molecule has 0 radical (unpaired) electrons. The molecule has 1 saturated heterocycles. The van der Waals surface area contributed by atoms with Gasteiger partial charge in [-0.05, 0) is 57.9 Å². The van der Waals surface area contributed by atoms with Crippen LogP contribution in [0.3, 0.4) is 0 Å². The number of aryl methyl sites for hydroxylation is 1. The van der Waals surface area contributed by atoms with Crippen LogP contribution in [-0.2, 0) is 9.59 Å². The number of amides is 3. The van der Waals surface area contributed by atoms with Gasteiger partial charge in [0.15, 0.2) is 5.78 Å². The molecule has 2 aliphatic rings. The smallest absolute Gasteiger partial charge is 0.273 e. The van der Waals surface area contributed by atoms with E-state index in [0.717, 1.165) is 21.2 Å². The second kappa shape index (κ2) is 8.94. The van der Waals surface area contributed by atoms with Crippen LogP contribution in [0.2, 0.25) is 5.02 Å². The SMILES string of the molecule is CC1=CC[C@@H]2C(=O)N(N(C(=O)c3ccc(Cl)cc3)[C@H](C)C(=O)c3ccc(C)cc3)C(=O)[C@@H]2C1. The number of carbonyl (C=O) groups is 4. The molecule has 170 valence electrons. The zero-order valence-electron chi connectivity index (χ0n) is 18.7. The van der Waals surface area contributed by atoms with Crippen LogP contribution in [0.5, 0.6) is 0 Å². The number of hydrogen-bond acceptors (Lipinski definition) is 4. The second-order valence-corrected chi connectivity index (χ2v) is 9.19. The van der Waals surface area contributed by atoms with Crippen molar-refractivity contribution in [3.8, 4) is 0 Å². The first-order valence-electron chi connectivity index (χ1n) is 10.9. The number of rotatable bonds is 5. The summed E-state index contributed by atoms with van der Waals surface area (Å²) >= 11 is 5.97. The minimum absolute atomic E-state index is 0.229. The summed E-state index contributed by atoms with van der Waals surface area (Å²) in [4.78, 5) is 53.7. The number of allylic oxidation sites excluding steroid dienone is 2. The normalized spacial score (nSPS) is 20.8. The first-order chi connectivity index (χ1) is 15.7. The Kier molecular flexibility index (Phi) is 6.21. The van der Waals surface area contributed by atoms with E-state index in [0.29, 0.717) is 23.4 Å². The molecule has 2 aromatic rings. The van der Waals surface area contributed by atoms with Crippen molar-refractivity contribution in [3.63, 3.8) is 0 Å². The summed E-state index contributed by atoms with van der Waals surface area (Å²) in [5.41, 5.74) is 2.66. The predicted molar refractivity (Wildman–Crippen MR) is 124 cm³/mol. The summed E-state index contributed by atoms with van der Waals surface area (Å²) in [6, 6.07) is 12.0. The summed E-state index contributed by atoms with van der Waals surface area (Å²) < 4.78 is 0. The van der Waals surface area contributed by atoms with Crippen LogP contribution in [0.4, 0.5) is 0 Å². The first kappa shape index (κ1) is 22.9. The summed E-state index contributed by atoms with van der Waals surface area (Å²) in [6.45, 7) is 5.38. The number of Topliss-reactive ketones (excluding diaryl/α,β-unsaturated/α-hetero) is 1. The highest BCUT2D eigenvalue weighted by atomic mass is 35.5. The summed E-state index contributed by atoms with van der Waals surface area (Å²) in [7, 11) is 0. The van der Waals surface area contributed by atoms with Gasteiger partial charge in [-0.15, -0.1) is 0 Å². The standard InChI is InChI=1S/C26H25ClN2O4/c1-15-4-7-18(8-5-15)23(30)17(3)28(24(31)19-9-11-20(27)12-10-19)29-25(32)21-13-6-16(2)14-22(21)26(29)33/h4-12,17,21-22H,13-14H2,1-3H3/t17-,21+,22-/m1/s1. The molecule has 0 unspecified atom stereocenters. The molecule has 1 heterocycles. The van der Waals surface area contributed by atoms with Crippen molar-refractivity contribution in [2.75, 3.05) is 0 Å². The maximum absolute atomic E-state index is 13.6. The average molecular weight is 465 g/mol. The Morgan fingerprint density at radius 1 is 0.939 bits per heavy atom. The largest absolute Gasteiger partial charge is 0.292 e. The third kappa shape index (κ3) is 4.23. The fourth-order valence-electron chi connectivity index (χ4n) is 4.47. The number of carbonyl (C=O) groups excluding carboxylic acids is 4. The Bertz CT molecular complexity index is 1150. The molecule has 0 N–H and O–H groups in total. The van der Waals surface area contributed by atoms with Crippen LogP contribution in [0.25, 0.3) is 0 Å². The third-order valence-electron chi connectivity index (χ3n) is 6.40. The van der Waals surface area contributed by atoms with Gasteiger partial charge in [0.2, 0.25) is 0 Å². The molecule has 3 amide bonds. The van der Waals surface area contributed by atoms with Gasteiger partial charge in [0.05, 0.1) is 11.8 Å². The highest BCUT2D eigenvalue weighted by Crippen LogP contribution is 2.39. The van der Waals surface area contributed by atoms with Crippen molar-refractivity contribution in [1.29, 1.82) is 0 Å². The lowest BCUT2D eigenvalue weighted by atomic mass is 9.82. The van der Waals surface area contributed by atoms with Crippen molar-refractivity contribution in [2.24, 2.45) is 11.8 Å². The van der Waals surface area contributed by atoms with E-state index in [9.17, 15) is 19.2 Å². The zero-order valence-corrected chi connectivity index (χ0v) is 19.5. The summed E-state index contributed by atoms with van der Waals surface area (Å²) in [5.74, 6) is -2.90. The van der Waals surface area contributed by atoms with Crippen molar-refractivity contribution in [2.45, 2.75) is 39.7 Å². The van der Waals surface area contributed by atoms with Crippen molar-refractivity contribution in [3.05, 3.63) is 81.9 Å². The van der Waals surface area contributed by atoms with E-state index in [-0.39, 0.29) is 11.3 Å². The number of nitrogens with zero attached hydrogens (tertiary/aromatic N) is 2. The zero-order chi connectivity index (χ0) is 23.9. The molecule has 1 aliphatic heterocycles. The molecule has 1 fully saturated rings. The Morgan fingerprint density at radius 2 is 1.52 bits per heavy atom. The van der Waals surface area contributed by atoms with Crippen LogP contribution in [0.15, 0.2) is 60.2 Å². The number of benzene rings is 2. The van der Waals surface area contributed by atoms with Gasteiger partial charge in [-0.1, -0.05) is 53.1 Å². The van der Waals surface area contributed by atoms with Crippen LogP contribution >= 0.6 is 11.6 Å². The van der Waals surface area contributed by atoms with Gasteiger partial charge in [0.25, 0.3) is 17.7 Å². The number of halogens is 1. The second-order valence-electron chi connectivity index (χ2n) is 8.75. The number of fused-ring (bicyclic) bond motifs is 1. The van der Waals surface area contributed by atoms with Crippen LogP contribution in [0.1, 0.15) is 53.0 Å². The molecule has 33 heavy (non-hydrogen) atoms. The van der Waals surface area contributed by atoms with Gasteiger partial charge in [-0.25, -0.2) is 5.01 Å².